The minimum atomic E-state index is 0.0329. The average Bonchev–Trinajstić information content (AvgIpc) is 2.92. The lowest BCUT2D eigenvalue weighted by molar-refractivity contribution is -0.121. The van der Waals surface area contributed by atoms with E-state index in [2.05, 4.69) is 22.3 Å². The molecule has 2 amide bonds. The Kier molecular flexibility index (Phi) is 7.00. The van der Waals surface area contributed by atoms with Crippen molar-refractivity contribution in [2.75, 3.05) is 38.6 Å². The third kappa shape index (κ3) is 5.17. The maximum absolute atomic E-state index is 13.3. The lowest BCUT2D eigenvalue weighted by Gasteiger charge is -2.41. The number of hydrogen-bond donors (Lipinski definition) is 1. The van der Waals surface area contributed by atoms with E-state index >= 15 is 0 Å². The third-order valence-electron chi connectivity index (χ3n) is 7.53. The summed E-state index contributed by atoms with van der Waals surface area (Å²) < 4.78 is 5.25. The largest absolute Gasteiger partial charge is 0.497 e. The Hall–Kier alpha value is -3.38. The number of methoxy groups -OCH3 is 1. The highest BCUT2D eigenvalue weighted by Crippen LogP contribution is 2.27. The molecule has 0 unspecified atom stereocenters. The van der Waals surface area contributed by atoms with Gasteiger partial charge in [0.05, 0.1) is 7.11 Å². The molecule has 2 aliphatic rings. The van der Waals surface area contributed by atoms with Crippen LogP contribution in [0.25, 0.3) is 10.8 Å². The van der Waals surface area contributed by atoms with E-state index < -0.39 is 0 Å². The Balaban J connectivity index is 1.12. The molecule has 0 spiro atoms. The fraction of sp³-hybridized carbons (Fsp3) is 0.379. The molecule has 2 heterocycles. The van der Waals surface area contributed by atoms with Gasteiger partial charge in [-0.1, -0.05) is 42.5 Å². The molecule has 35 heavy (non-hydrogen) atoms. The van der Waals surface area contributed by atoms with Crippen molar-refractivity contribution in [2.24, 2.45) is 5.92 Å². The maximum atomic E-state index is 13.3. The van der Waals surface area contributed by atoms with Crippen LogP contribution in [0, 0.1) is 5.92 Å². The van der Waals surface area contributed by atoms with Crippen LogP contribution in [0.3, 0.4) is 0 Å². The van der Waals surface area contributed by atoms with E-state index in [9.17, 15) is 9.59 Å². The van der Waals surface area contributed by atoms with E-state index in [4.69, 9.17) is 4.74 Å². The summed E-state index contributed by atoms with van der Waals surface area (Å²) in [5.41, 5.74) is 1.57. The first-order chi connectivity index (χ1) is 17.1. The van der Waals surface area contributed by atoms with Gasteiger partial charge in [-0.3, -0.25) is 9.59 Å². The van der Waals surface area contributed by atoms with Crippen molar-refractivity contribution in [1.82, 2.24) is 9.80 Å². The van der Waals surface area contributed by atoms with Gasteiger partial charge in [0.15, 0.2) is 0 Å². The van der Waals surface area contributed by atoms with Gasteiger partial charge in [0.25, 0.3) is 5.91 Å². The van der Waals surface area contributed by atoms with Crippen LogP contribution in [-0.4, -0.2) is 60.9 Å². The number of fused-ring (bicyclic) bond motifs is 1. The molecule has 0 aliphatic carbocycles. The first-order valence-electron chi connectivity index (χ1n) is 12.6. The summed E-state index contributed by atoms with van der Waals surface area (Å²) in [7, 11) is 1.63. The number of hydrogen-bond acceptors (Lipinski definition) is 4. The predicted molar refractivity (Wildman–Crippen MR) is 139 cm³/mol. The van der Waals surface area contributed by atoms with Crippen LogP contribution in [0.1, 0.15) is 36.0 Å². The number of rotatable bonds is 5. The van der Waals surface area contributed by atoms with Crippen LogP contribution < -0.4 is 10.1 Å². The molecule has 2 aliphatic heterocycles. The van der Waals surface area contributed by atoms with Crippen molar-refractivity contribution in [3.05, 3.63) is 72.3 Å². The standard InChI is InChI=1S/C29H33N3O3/c1-35-25-9-5-8-23(20-25)30-28(33)22-12-16-31(17-13-22)24-14-18-32(19-15-24)29(34)27-11-4-7-21-6-2-3-10-26(21)27/h2-11,20,22,24H,12-19H2,1H3,(H,30,33). The molecule has 3 aromatic carbocycles. The van der Waals surface area contributed by atoms with Crippen LogP contribution in [-0.2, 0) is 4.79 Å². The quantitative estimate of drug-likeness (QED) is 0.581. The molecular weight excluding hydrogens is 438 g/mol. The lowest BCUT2D eigenvalue weighted by Crippen LogP contribution is -2.49. The molecule has 3 aromatic rings. The van der Waals surface area contributed by atoms with E-state index in [-0.39, 0.29) is 17.7 Å². The summed E-state index contributed by atoms with van der Waals surface area (Å²) in [6, 6.07) is 22.0. The van der Waals surface area contributed by atoms with Gasteiger partial charge in [0.1, 0.15) is 5.75 Å². The van der Waals surface area contributed by atoms with Crippen LogP contribution >= 0.6 is 0 Å². The number of nitrogens with one attached hydrogen (secondary N) is 1. The fourth-order valence-electron chi connectivity index (χ4n) is 5.49. The molecule has 0 bridgehead atoms. The molecule has 2 fully saturated rings. The second-order valence-corrected chi connectivity index (χ2v) is 9.58. The molecule has 5 rings (SSSR count). The number of anilines is 1. The zero-order valence-electron chi connectivity index (χ0n) is 20.3. The molecule has 0 atom stereocenters. The number of piperidine rings is 2. The molecule has 0 saturated carbocycles. The number of benzene rings is 3. The van der Waals surface area contributed by atoms with Crippen LogP contribution in [0.4, 0.5) is 5.69 Å². The normalized spacial score (nSPS) is 17.9. The molecule has 0 radical (unpaired) electrons. The second-order valence-electron chi connectivity index (χ2n) is 9.58. The first-order valence-corrected chi connectivity index (χ1v) is 12.6. The number of amides is 2. The topological polar surface area (TPSA) is 61.9 Å². The van der Waals surface area contributed by atoms with E-state index in [1.165, 1.54) is 0 Å². The summed E-state index contributed by atoms with van der Waals surface area (Å²) in [6.45, 7) is 3.42. The van der Waals surface area contributed by atoms with Gasteiger partial charge in [-0.2, -0.15) is 0 Å². The average molecular weight is 472 g/mol. The summed E-state index contributed by atoms with van der Waals surface area (Å²) in [5.74, 6) is 0.995. The van der Waals surface area contributed by atoms with Gasteiger partial charge in [-0.05, 0) is 67.7 Å². The molecule has 6 nitrogen and oxygen atoms in total. The van der Waals surface area contributed by atoms with Crippen LogP contribution in [0.15, 0.2) is 66.7 Å². The molecule has 1 N–H and O–H groups in total. The Labute approximate surface area is 206 Å². The number of carbonyl (C=O) groups is 2. The molecule has 6 heteroatoms. The smallest absolute Gasteiger partial charge is 0.254 e. The van der Waals surface area contributed by atoms with Crippen LogP contribution in [0.2, 0.25) is 0 Å². The predicted octanol–water partition coefficient (Wildman–Crippen LogP) is 4.80. The zero-order chi connectivity index (χ0) is 24.2. The van der Waals surface area contributed by atoms with Gasteiger partial charge in [0, 0.05) is 42.4 Å². The van der Waals surface area contributed by atoms with Crippen molar-refractivity contribution >= 4 is 28.3 Å². The first kappa shape index (κ1) is 23.4. The highest BCUT2D eigenvalue weighted by molar-refractivity contribution is 6.07. The summed E-state index contributed by atoms with van der Waals surface area (Å²) in [5, 5.41) is 5.17. The van der Waals surface area contributed by atoms with Crippen molar-refractivity contribution in [1.29, 1.82) is 0 Å². The van der Waals surface area contributed by atoms with Crippen molar-refractivity contribution < 1.29 is 14.3 Å². The summed E-state index contributed by atoms with van der Waals surface area (Å²) in [4.78, 5) is 30.6. The van der Waals surface area contributed by atoms with E-state index in [0.717, 1.165) is 79.6 Å². The monoisotopic (exact) mass is 471 g/mol. The maximum Gasteiger partial charge on any atom is 0.254 e. The minimum absolute atomic E-state index is 0.0329. The van der Waals surface area contributed by atoms with Gasteiger partial charge in [-0.25, -0.2) is 0 Å². The molecule has 0 aromatic heterocycles. The Morgan fingerprint density at radius 3 is 2.34 bits per heavy atom. The number of ether oxygens (including phenoxy) is 1. The van der Waals surface area contributed by atoms with E-state index in [1.807, 2.05) is 59.5 Å². The number of nitrogens with zero attached hydrogens (tertiary/aromatic N) is 2. The molecular formula is C29H33N3O3. The summed E-state index contributed by atoms with van der Waals surface area (Å²) >= 11 is 0. The van der Waals surface area contributed by atoms with Gasteiger partial charge in [-0.15, -0.1) is 0 Å². The van der Waals surface area contributed by atoms with Crippen molar-refractivity contribution in [3.8, 4) is 5.75 Å². The van der Waals surface area contributed by atoms with Gasteiger partial charge in [0.2, 0.25) is 5.91 Å². The Morgan fingerprint density at radius 2 is 1.57 bits per heavy atom. The lowest BCUT2D eigenvalue weighted by atomic mass is 9.92. The SMILES string of the molecule is COc1cccc(NC(=O)C2CCN(C3CCN(C(=O)c4cccc5ccccc45)CC3)CC2)c1. The van der Waals surface area contributed by atoms with Crippen LogP contribution in [0.5, 0.6) is 5.75 Å². The fourth-order valence-corrected chi connectivity index (χ4v) is 5.49. The zero-order valence-corrected chi connectivity index (χ0v) is 20.3. The van der Waals surface area contributed by atoms with E-state index in [0.29, 0.717) is 6.04 Å². The summed E-state index contributed by atoms with van der Waals surface area (Å²) in [6.07, 6.45) is 3.70. The number of likely N-dealkylation sites (tertiary alicyclic amines) is 2. The highest BCUT2D eigenvalue weighted by atomic mass is 16.5. The second kappa shape index (κ2) is 10.5. The molecule has 182 valence electrons. The van der Waals surface area contributed by atoms with Crippen molar-refractivity contribution in [2.45, 2.75) is 31.7 Å². The van der Waals surface area contributed by atoms with Gasteiger partial charge < -0.3 is 19.9 Å². The Bertz CT molecular complexity index is 1190. The number of carbonyl (C=O) groups excluding carboxylic acids is 2. The minimum Gasteiger partial charge on any atom is -0.497 e. The molecule has 2 saturated heterocycles. The van der Waals surface area contributed by atoms with Gasteiger partial charge >= 0.3 is 0 Å². The third-order valence-corrected chi connectivity index (χ3v) is 7.53. The highest BCUT2D eigenvalue weighted by Gasteiger charge is 2.32. The van der Waals surface area contributed by atoms with Crippen molar-refractivity contribution in [3.63, 3.8) is 0 Å². The Morgan fingerprint density at radius 1 is 0.857 bits per heavy atom. The van der Waals surface area contributed by atoms with E-state index in [1.54, 1.807) is 7.11 Å².